The summed E-state index contributed by atoms with van der Waals surface area (Å²) in [6, 6.07) is 12.3. The van der Waals surface area contributed by atoms with Crippen molar-refractivity contribution in [1.82, 2.24) is 4.72 Å². The number of aryl methyl sites for hydroxylation is 1. The summed E-state index contributed by atoms with van der Waals surface area (Å²) < 4.78 is 27.9. The first kappa shape index (κ1) is 16.5. The van der Waals surface area contributed by atoms with Gasteiger partial charge in [0.15, 0.2) is 0 Å². The van der Waals surface area contributed by atoms with Gasteiger partial charge < -0.3 is 0 Å². The van der Waals surface area contributed by atoms with E-state index >= 15 is 0 Å². The van der Waals surface area contributed by atoms with Crippen LogP contribution in [0.3, 0.4) is 0 Å². The molecular formula is C15H15BrClNO2S. The van der Waals surface area contributed by atoms with Crippen molar-refractivity contribution < 1.29 is 8.42 Å². The zero-order chi connectivity index (χ0) is 15.5. The quantitative estimate of drug-likeness (QED) is 0.843. The summed E-state index contributed by atoms with van der Waals surface area (Å²) in [6.07, 6.45) is 0.617. The Morgan fingerprint density at radius 1 is 1.14 bits per heavy atom. The first-order valence-corrected chi connectivity index (χ1v) is 9.04. The van der Waals surface area contributed by atoms with Gasteiger partial charge in [0, 0.05) is 16.0 Å². The van der Waals surface area contributed by atoms with Gasteiger partial charge in [0.05, 0.1) is 4.90 Å². The highest BCUT2D eigenvalue weighted by atomic mass is 79.9. The lowest BCUT2D eigenvalue weighted by atomic mass is 10.2. The van der Waals surface area contributed by atoms with Gasteiger partial charge in [0.1, 0.15) is 0 Å². The van der Waals surface area contributed by atoms with Crippen LogP contribution in [0.25, 0.3) is 0 Å². The minimum Gasteiger partial charge on any atom is -0.211 e. The van der Waals surface area contributed by atoms with Gasteiger partial charge in [-0.05, 0) is 54.8 Å². The lowest BCUT2D eigenvalue weighted by Crippen LogP contribution is -2.26. The number of rotatable bonds is 5. The van der Waals surface area contributed by atoms with Crippen molar-refractivity contribution in [2.24, 2.45) is 0 Å². The fourth-order valence-electron chi connectivity index (χ4n) is 1.85. The van der Waals surface area contributed by atoms with E-state index in [1.165, 1.54) is 0 Å². The molecule has 0 atom stereocenters. The molecule has 1 N–H and O–H groups in total. The molecule has 21 heavy (non-hydrogen) atoms. The van der Waals surface area contributed by atoms with Gasteiger partial charge in [0.25, 0.3) is 0 Å². The molecule has 0 amide bonds. The summed E-state index contributed by atoms with van der Waals surface area (Å²) >= 11 is 9.17. The Balaban J connectivity index is 2.01. The molecule has 0 aliphatic rings. The van der Waals surface area contributed by atoms with Gasteiger partial charge in [-0.15, -0.1) is 0 Å². The van der Waals surface area contributed by atoms with Gasteiger partial charge in [-0.25, -0.2) is 13.1 Å². The van der Waals surface area contributed by atoms with Crippen molar-refractivity contribution in [2.75, 3.05) is 6.54 Å². The second-order valence-electron chi connectivity index (χ2n) is 4.69. The topological polar surface area (TPSA) is 46.2 Å². The molecule has 0 heterocycles. The normalized spacial score (nSPS) is 11.6. The average molecular weight is 389 g/mol. The molecule has 0 spiro atoms. The predicted octanol–water partition coefficient (Wildman–Crippen LogP) is 3.93. The van der Waals surface area contributed by atoms with Gasteiger partial charge in [-0.3, -0.25) is 0 Å². The number of hydrogen-bond acceptors (Lipinski definition) is 2. The molecule has 2 aromatic rings. The second-order valence-corrected chi connectivity index (χ2v) is 7.74. The molecule has 0 radical (unpaired) electrons. The second kappa shape index (κ2) is 6.92. The molecule has 0 saturated heterocycles. The molecule has 0 fully saturated rings. The van der Waals surface area contributed by atoms with Crippen molar-refractivity contribution in [3.8, 4) is 0 Å². The molecule has 0 aliphatic heterocycles. The zero-order valence-electron chi connectivity index (χ0n) is 11.4. The van der Waals surface area contributed by atoms with Crippen LogP contribution < -0.4 is 4.72 Å². The number of benzene rings is 2. The highest BCUT2D eigenvalue weighted by Gasteiger charge is 2.14. The van der Waals surface area contributed by atoms with Gasteiger partial charge in [-0.1, -0.05) is 39.7 Å². The maximum absolute atomic E-state index is 12.2. The molecule has 112 valence electrons. The van der Waals surface area contributed by atoms with Gasteiger partial charge in [0.2, 0.25) is 10.0 Å². The first-order valence-electron chi connectivity index (χ1n) is 6.39. The summed E-state index contributed by atoms with van der Waals surface area (Å²) in [5.41, 5.74) is 1.92. The minimum atomic E-state index is -3.47. The van der Waals surface area contributed by atoms with Gasteiger partial charge in [-0.2, -0.15) is 0 Å². The van der Waals surface area contributed by atoms with E-state index in [4.69, 9.17) is 11.6 Å². The third-order valence-corrected chi connectivity index (χ3v) is 5.66. The molecule has 0 unspecified atom stereocenters. The van der Waals surface area contributed by atoms with Crippen LogP contribution in [0.1, 0.15) is 11.1 Å². The lowest BCUT2D eigenvalue weighted by Gasteiger charge is -2.08. The van der Waals surface area contributed by atoms with Crippen molar-refractivity contribution in [3.63, 3.8) is 0 Å². The molecule has 2 rings (SSSR count). The molecule has 0 aromatic heterocycles. The number of halogens is 2. The van der Waals surface area contributed by atoms with Crippen LogP contribution in [0.15, 0.2) is 51.8 Å². The summed E-state index contributed by atoms with van der Waals surface area (Å²) in [6.45, 7) is 2.20. The van der Waals surface area contributed by atoms with Gasteiger partial charge >= 0.3 is 0 Å². The van der Waals surface area contributed by atoms with Crippen LogP contribution in [-0.4, -0.2) is 15.0 Å². The van der Waals surface area contributed by atoms with E-state index in [9.17, 15) is 8.42 Å². The summed E-state index contributed by atoms with van der Waals surface area (Å²) in [5.74, 6) is 0. The smallest absolute Gasteiger partial charge is 0.211 e. The molecule has 0 saturated carbocycles. The number of sulfonamides is 1. The van der Waals surface area contributed by atoms with E-state index in [-0.39, 0.29) is 4.90 Å². The average Bonchev–Trinajstić information content (AvgIpc) is 2.44. The summed E-state index contributed by atoms with van der Waals surface area (Å²) in [4.78, 5) is 0.277. The summed E-state index contributed by atoms with van der Waals surface area (Å²) in [5, 5.41) is 0.671. The Labute approximate surface area is 138 Å². The molecular weight excluding hydrogens is 374 g/mol. The monoisotopic (exact) mass is 387 g/mol. The Hall–Kier alpha value is -0.880. The predicted molar refractivity (Wildman–Crippen MR) is 89.2 cm³/mol. The van der Waals surface area contributed by atoms with E-state index in [1.807, 2.05) is 19.1 Å². The van der Waals surface area contributed by atoms with Crippen LogP contribution >= 0.6 is 27.5 Å². The van der Waals surface area contributed by atoms with E-state index in [0.717, 1.165) is 15.6 Å². The van der Waals surface area contributed by atoms with E-state index in [1.54, 1.807) is 30.3 Å². The van der Waals surface area contributed by atoms with Crippen LogP contribution in [0, 0.1) is 6.92 Å². The molecule has 2 aromatic carbocycles. The fourth-order valence-corrected chi connectivity index (χ4v) is 3.34. The molecule has 0 aliphatic carbocycles. The standard InChI is InChI=1S/C15H15BrClNO2S/c1-11-10-14(6-7-15(11)16)21(19,20)18-9-8-12-2-4-13(17)5-3-12/h2-7,10,18H,8-9H2,1H3. The molecule has 3 nitrogen and oxygen atoms in total. The maximum atomic E-state index is 12.2. The Kier molecular flexibility index (Phi) is 5.43. The Morgan fingerprint density at radius 2 is 1.81 bits per heavy atom. The fraction of sp³-hybridized carbons (Fsp3) is 0.200. The number of nitrogens with one attached hydrogen (secondary N) is 1. The van der Waals surface area contributed by atoms with Crippen LogP contribution in [-0.2, 0) is 16.4 Å². The van der Waals surface area contributed by atoms with Crippen molar-refractivity contribution >= 4 is 37.6 Å². The Morgan fingerprint density at radius 3 is 2.43 bits per heavy atom. The van der Waals surface area contributed by atoms with Crippen LogP contribution in [0.4, 0.5) is 0 Å². The highest BCUT2D eigenvalue weighted by Crippen LogP contribution is 2.19. The first-order chi connectivity index (χ1) is 9.88. The molecule has 0 bridgehead atoms. The largest absolute Gasteiger partial charge is 0.240 e. The Bertz CT molecular complexity index is 730. The minimum absolute atomic E-state index is 0.277. The van der Waals surface area contributed by atoms with E-state index < -0.39 is 10.0 Å². The van der Waals surface area contributed by atoms with Crippen molar-refractivity contribution in [1.29, 1.82) is 0 Å². The zero-order valence-corrected chi connectivity index (χ0v) is 14.6. The number of hydrogen-bond donors (Lipinski definition) is 1. The van der Waals surface area contributed by atoms with Crippen LogP contribution in [0.2, 0.25) is 5.02 Å². The third-order valence-electron chi connectivity index (χ3n) is 3.06. The third kappa shape index (κ3) is 4.54. The van der Waals surface area contributed by atoms with Crippen molar-refractivity contribution in [3.05, 3.63) is 63.1 Å². The highest BCUT2D eigenvalue weighted by molar-refractivity contribution is 9.10. The summed E-state index contributed by atoms with van der Waals surface area (Å²) in [7, 11) is -3.47. The van der Waals surface area contributed by atoms with E-state index in [0.29, 0.717) is 18.0 Å². The molecule has 6 heteroatoms. The SMILES string of the molecule is Cc1cc(S(=O)(=O)NCCc2ccc(Cl)cc2)ccc1Br. The maximum Gasteiger partial charge on any atom is 0.240 e. The van der Waals surface area contributed by atoms with E-state index in [2.05, 4.69) is 20.7 Å². The lowest BCUT2D eigenvalue weighted by molar-refractivity contribution is 0.581. The van der Waals surface area contributed by atoms with Crippen molar-refractivity contribution in [2.45, 2.75) is 18.2 Å². The van der Waals surface area contributed by atoms with Crippen LogP contribution in [0.5, 0.6) is 0 Å².